The lowest BCUT2D eigenvalue weighted by Gasteiger charge is -2.05. The van der Waals surface area contributed by atoms with Crippen molar-refractivity contribution in [2.24, 2.45) is 0 Å². The molecule has 1 saturated carbocycles. The van der Waals surface area contributed by atoms with Crippen molar-refractivity contribution in [3.63, 3.8) is 0 Å². The first-order valence-corrected chi connectivity index (χ1v) is 4.34. The van der Waals surface area contributed by atoms with Gasteiger partial charge in [-0.15, -0.1) is 0 Å². The van der Waals surface area contributed by atoms with Crippen molar-refractivity contribution in [2.45, 2.75) is 38.5 Å². The van der Waals surface area contributed by atoms with Gasteiger partial charge in [0.15, 0.2) is 0 Å². The summed E-state index contributed by atoms with van der Waals surface area (Å²) in [6, 6.07) is 0. The molecule has 0 radical (unpaired) electrons. The normalized spacial score (nSPS) is 19.1. The molecule has 1 nitrogen and oxygen atoms in total. The van der Waals surface area contributed by atoms with Crippen LogP contribution in [0.2, 0.25) is 0 Å². The van der Waals surface area contributed by atoms with E-state index < -0.39 is 0 Å². The summed E-state index contributed by atoms with van der Waals surface area (Å²) in [6.45, 7) is 0. The van der Waals surface area contributed by atoms with Crippen molar-refractivity contribution in [1.82, 2.24) is 0 Å². The third-order valence-electron chi connectivity index (χ3n) is 1.50. The SMILES string of the molecule is C1CCCCC1.O[SiH3]. The molecule has 0 atom stereocenters. The maximum atomic E-state index is 7.14. The molecule has 0 aromatic carbocycles. The Kier molecular flexibility index (Phi) is 7.34. The smallest absolute Gasteiger partial charge is 0.141 e. The Labute approximate surface area is 54.7 Å². The molecule has 50 valence electrons. The topological polar surface area (TPSA) is 20.2 Å². The second-order valence-corrected chi connectivity index (χ2v) is 2.12. The van der Waals surface area contributed by atoms with Crippen LogP contribution in [0.5, 0.6) is 0 Å². The van der Waals surface area contributed by atoms with E-state index in [0.29, 0.717) is 10.5 Å². The Balaban J connectivity index is 0.000000222. The van der Waals surface area contributed by atoms with Gasteiger partial charge in [0.05, 0.1) is 0 Å². The van der Waals surface area contributed by atoms with Gasteiger partial charge in [-0.3, -0.25) is 0 Å². The molecule has 2 heteroatoms. The monoisotopic (exact) mass is 132 g/mol. The minimum absolute atomic E-state index is 0.306. The molecule has 0 bridgehead atoms. The Morgan fingerprint density at radius 1 is 0.625 bits per heavy atom. The van der Waals surface area contributed by atoms with E-state index in [1.165, 1.54) is 38.5 Å². The molecule has 1 aliphatic carbocycles. The van der Waals surface area contributed by atoms with E-state index in [1.807, 2.05) is 0 Å². The summed E-state index contributed by atoms with van der Waals surface area (Å²) in [4.78, 5) is 7.14. The summed E-state index contributed by atoms with van der Waals surface area (Å²) in [6.07, 6.45) is 9.00. The third kappa shape index (κ3) is 4.34. The average Bonchev–Trinajstić information content (AvgIpc) is 1.96. The Bertz CT molecular complexity index is 24.0. The molecule has 1 aliphatic rings. The van der Waals surface area contributed by atoms with Gasteiger partial charge in [0.2, 0.25) is 0 Å². The summed E-state index contributed by atoms with van der Waals surface area (Å²) in [5, 5.41) is 0. The molecule has 0 aliphatic heterocycles. The molecule has 8 heavy (non-hydrogen) atoms. The maximum Gasteiger partial charge on any atom is 0.141 e. The molecule has 0 spiro atoms. The summed E-state index contributed by atoms with van der Waals surface area (Å²) in [5.41, 5.74) is 0. The van der Waals surface area contributed by atoms with E-state index in [4.69, 9.17) is 4.80 Å². The van der Waals surface area contributed by atoms with Crippen molar-refractivity contribution in [2.75, 3.05) is 0 Å². The van der Waals surface area contributed by atoms with Crippen molar-refractivity contribution < 1.29 is 4.80 Å². The molecule has 0 unspecified atom stereocenters. The lowest BCUT2D eigenvalue weighted by atomic mass is 10.0. The van der Waals surface area contributed by atoms with E-state index in [0.717, 1.165) is 0 Å². The Morgan fingerprint density at radius 2 is 0.750 bits per heavy atom. The number of hydrogen-bond acceptors (Lipinski definition) is 1. The first kappa shape index (κ1) is 8.18. The minimum atomic E-state index is 0.306. The predicted octanol–water partition coefficient (Wildman–Crippen LogP) is 0.600. The molecule has 1 rings (SSSR count). The average molecular weight is 132 g/mol. The van der Waals surface area contributed by atoms with E-state index >= 15 is 0 Å². The highest BCUT2D eigenvalue weighted by Crippen LogP contribution is 2.15. The van der Waals surface area contributed by atoms with Crippen LogP contribution in [-0.4, -0.2) is 15.3 Å². The zero-order valence-electron chi connectivity index (χ0n) is 5.69. The van der Waals surface area contributed by atoms with Crippen LogP contribution in [0.25, 0.3) is 0 Å². The quantitative estimate of drug-likeness (QED) is 0.479. The van der Waals surface area contributed by atoms with Crippen LogP contribution in [0.3, 0.4) is 0 Å². The van der Waals surface area contributed by atoms with Gasteiger partial charge in [0.25, 0.3) is 0 Å². The van der Waals surface area contributed by atoms with Crippen LogP contribution in [0.15, 0.2) is 0 Å². The molecule has 0 aromatic heterocycles. The molecule has 0 heterocycles. The fourth-order valence-corrected chi connectivity index (χ4v) is 1.06. The fraction of sp³-hybridized carbons (Fsp3) is 1.00. The van der Waals surface area contributed by atoms with E-state index in [-0.39, 0.29) is 0 Å². The van der Waals surface area contributed by atoms with Gasteiger partial charge in [-0.2, -0.15) is 0 Å². The third-order valence-corrected chi connectivity index (χ3v) is 1.50. The Hall–Kier alpha value is 0.177. The van der Waals surface area contributed by atoms with Crippen molar-refractivity contribution in [1.29, 1.82) is 0 Å². The standard InChI is InChI=1S/C6H12.H4OSi/c1-2-4-6-5-3-1;1-2/h1-6H2;1H,2H3. The van der Waals surface area contributed by atoms with E-state index in [2.05, 4.69) is 0 Å². The number of hydrogen-bond donors (Lipinski definition) is 1. The summed E-state index contributed by atoms with van der Waals surface area (Å²) >= 11 is 0. The molecule has 0 saturated heterocycles. The predicted molar refractivity (Wildman–Crippen MR) is 39.9 cm³/mol. The van der Waals surface area contributed by atoms with Gasteiger partial charge in [0.1, 0.15) is 10.5 Å². The molecular weight excluding hydrogens is 116 g/mol. The molecule has 0 aromatic rings. The van der Waals surface area contributed by atoms with Crippen molar-refractivity contribution in [3.05, 3.63) is 0 Å². The van der Waals surface area contributed by atoms with Crippen molar-refractivity contribution >= 4 is 10.5 Å². The summed E-state index contributed by atoms with van der Waals surface area (Å²) in [5.74, 6) is 0. The van der Waals surface area contributed by atoms with Gasteiger partial charge in [-0.1, -0.05) is 38.5 Å². The van der Waals surface area contributed by atoms with Gasteiger partial charge in [-0.05, 0) is 0 Å². The van der Waals surface area contributed by atoms with Crippen LogP contribution >= 0.6 is 0 Å². The summed E-state index contributed by atoms with van der Waals surface area (Å²) < 4.78 is 0. The highest BCUT2D eigenvalue weighted by molar-refractivity contribution is 5.95. The zero-order chi connectivity index (χ0) is 6.24. The fourth-order valence-electron chi connectivity index (χ4n) is 1.06. The van der Waals surface area contributed by atoms with Crippen LogP contribution in [-0.2, 0) is 0 Å². The molecule has 1 fully saturated rings. The highest BCUT2D eigenvalue weighted by Gasteiger charge is 1.95. The molecule has 0 amide bonds. The van der Waals surface area contributed by atoms with Crippen LogP contribution in [0, 0.1) is 0 Å². The van der Waals surface area contributed by atoms with E-state index in [1.54, 1.807) is 0 Å². The maximum absolute atomic E-state index is 7.14. The van der Waals surface area contributed by atoms with Gasteiger partial charge >= 0.3 is 0 Å². The molecular formula is C6H16OSi. The first-order valence-electron chi connectivity index (χ1n) is 3.45. The zero-order valence-corrected chi connectivity index (χ0v) is 7.69. The largest absolute Gasteiger partial charge is 0.442 e. The first-order chi connectivity index (χ1) is 4.00. The lowest BCUT2D eigenvalue weighted by Crippen LogP contribution is -1.85. The minimum Gasteiger partial charge on any atom is -0.442 e. The van der Waals surface area contributed by atoms with Crippen LogP contribution < -0.4 is 0 Å². The molecule has 1 N–H and O–H groups in total. The van der Waals surface area contributed by atoms with E-state index in [9.17, 15) is 0 Å². The highest BCUT2D eigenvalue weighted by atomic mass is 28.2. The summed E-state index contributed by atoms with van der Waals surface area (Å²) in [7, 11) is 0.306. The van der Waals surface area contributed by atoms with Crippen LogP contribution in [0.4, 0.5) is 0 Å². The van der Waals surface area contributed by atoms with Gasteiger partial charge in [-0.25, -0.2) is 0 Å². The second kappa shape index (κ2) is 7.18. The number of rotatable bonds is 0. The van der Waals surface area contributed by atoms with Crippen molar-refractivity contribution in [3.8, 4) is 0 Å². The van der Waals surface area contributed by atoms with Crippen LogP contribution in [0.1, 0.15) is 38.5 Å². The Morgan fingerprint density at radius 3 is 0.875 bits per heavy atom. The lowest BCUT2D eigenvalue weighted by molar-refractivity contribution is 0.504. The second-order valence-electron chi connectivity index (χ2n) is 2.12. The van der Waals surface area contributed by atoms with Gasteiger partial charge in [0, 0.05) is 0 Å². The van der Waals surface area contributed by atoms with Gasteiger partial charge < -0.3 is 4.80 Å².